The molecule has 0 saturated carbocycles. The Morgan fingerprint density at radius 3 is 2.69 bits per heavy atom. The highest BCUT2D eigenvalue weighted by Crippen LogP contribution is 2.07. The molecule has 0 aromatic heterocycles. The minimum Gasteiger partial charge on any atom is -0.396 e. The summed E-state index contributed by atoms with van der Waals surface area (Å²) in [5, 5.41) is 0. The van der Waals surface area contributed by atoms with Crippen LogP contribution in [0.3, 0.4) is 0 Å². The molecule has 0 rings (SSSR count). The number of hydrogen-bond acceptors (Lipinski definition) is 2. The summed E-state index contributed by atoms with van der Waals surface area (Å²) >= 11 is 0. The Hall–Kier alpha value is -0.123. The van der Waals surface area contributed by atoms with Crippen molar-refractivity contribution < 1.29 is 9.16 Å². The first-order valence-electron chi connectivity index (χ1n) is 4.99. The quantitative estimate of drug-likeness (QED) is 0.261. The first-order valence-corrected chi connectivity index (χ1v) is 7.44. The second-order valence-corrected chi connectivity index (χ2v) is 5.79. The van der Waals surface area contributed by atoms with Gasteiger partial charge >= 0.3 is 0 Å². The van der Waals surface area contributed by atoms with Gasteiger partial charge in [-0.1, -0.05) is 18.9 Å². The SMILES string of the molecule is C=CCCCC[SiH](C)OC(C)OC. The monoisotopic (exact) mass is 202 g/mol. The Labute approximate surface area is 83.7 Å². The van der Waals surface area contributed by atoms with Crippen molar-refractivity contribution in [1.29, 1.82) is 0 Å². The van der Waals surface area contributed by atoms with Crippen LogP contribution in [0.4, 0.5) is 0 Å². The zero-order valence-electron chi connectivity index (χ0n) is 9.08. The average Bonchev–Trinajstić information content (AvgIpc) is 2.12. The Balaban J connectivity index is 3.29. The van der Waals surface area contributed by atoms with Gasteiger partial charge < -0.3 is 9.16 Å². The molecule has 2 unspecified atom stereocenters. The molecule has 0 aromatic carbocycles. The predicted octanol–water partition coefficient (Wildman–Crippen LogP) is 2.71. The van der Waals surface area contributed by atoms with Crippen LogP contribution in [0.25, 0.3) is 0 Å². The normalized spacial score (nSPS) is 15.3. The van der Waals surface area contributed by atoms with Gasteiger partial charge in [0, 0.05) is 7.11 Å². The van der Waals surface area contributed by atoms with E-state index < -0.39 is 9.04 Å². The summed E-state index contributed by atoms with van der Waals surface area (Å²) in [5.41, 5.74) is 0. The van der Waals surface area contributed by atoms with E-state index in [4.69, 9.17) is 9.16 Å². The molecule has 0 aliphatic carbocycles. The Morgan fingerprint density at radius 1 is 1.46 bits per heavy atom. The molecule has 0 radical (unpaired) electrons. The van der Waals surface area contributed by atoms with E-state index >= 15 is 0 Å². The summed E-state index contributed by atoms with van der Waals surface area (Å²) in [5.74, 6) is 0. The molecule has 0 aromatic rings. The van der Waals surface area contributed by atoms with Gasteiger partial charge in [-0.3, -0.25) is 0 Å². The van der Waals surface area contributed by atoms with E-state index in [1.165, 1.54) is 18.9 Å². The van der Waals surface area contributed by atoms with Gasteiger partial charge in [0.15, 0.2) is 9.04 Å². The van der Waals surface area contributed by atoms with E-state index in [9.17, 15) is 0 Å². The fourth-order valence-electron chi connectivity index (χ4n) is 1.17. The Morgan fingerprint density at radius 2 is 2.15 bits per heavy atom. The Bertz CT molecular complexity index is 128. The lowest BCUT2D eigenvalue weighted by Gasteiger charge is -2.16. The molecule has 0 saturated heterocycles. The van der Waals surface area contributed by atoms with E-state index in [1.807, 2.05) is 13.0 Å². The van der Waals surface area contributed by atoms with Crippen molar-refractivity contribution in [2.75, 3.05) is 7.11 Å². The van der Waals surface area contributed by atoms with Gasteiger partial charge in [0.05, 0.1) is 0 Å². The van der Waals surface area contributed by atoms with Gasteiger partial charge in [0.1, 0.15) is 6.29 Å². The molecule has 0 aliphatic heterocycles. The molecule has 0 N–H and O–H groups in total. The molecule has 0 fully saturated rings. The summed E-state index contributed by atoms with van der Waals surface area (Å²) in [7, 11) is 0.704. The number of rotatable bonds is 8. The van der Waals surface area contributed by atoms with Gasteiger partial charge in [-0.25, -0.2) is 0 Å². The first kappa shape index (κ1) is 12.9. The van der Waals surface area contributed by atoms with Crippen molar-refractivity contribution in [1.82, 2.24) is 0 Å². The van der Waals surface area contributed by atoms with Crippen LogP contribution >= 0.6 is 0 Å². The van der Waals surface area contributed by atoms with E-state index in [0.717, 1.165) is 6.42 Å². The lowest BCUT2D eigenvalue weighted by atomic mass is 10.2. The lowest BCUT2D eigenvalue weighted by Crippen LogP contribution is -2.21. The van der Waals surface area contributed by atoms with Crippen molar-refractivity contribution in [2.24, 2.45) is 0 Å². The predicted molar refractivity (Wildman–Crippen MR) is 59.4 cm³/mol. The molecule has 0 bridgehead atoms. The zero-order valence-corrected chi connectivity index (χ0v) is 10.2. The summed E-state index contributed by atoms with van der Waals surface area (Å²) in [4.78, 5) is 0. The molecule has 0 aliphatic rings. The number of unbranched alkanes of at least 4 members (excludes halogenated alkanes) is 2. The second kappa shape index (κ2) is 8.47. The third-order valence-corrected chi connectivity index (χ3v) is 4.09. The molecule has 0 spiro atoms. The molecular weight excluding hydrogens is 180 g/mol. The van der Waals surface area contributed by atoms with Crippen molar-refractivity contribution >= 4 is 9.04 Å². The van der Waals surface area contributed by atoms with Crippen LogP contribution in [0.15, 0.2) is 12.7 Å². The molecule has 3 heteroatoms. The fourth-order valence-corrected chi connectivity index (χ4v) is 2.94. The third-order valence-electron chi connectivity index (χ3n) is 2.02. The van der Waals surface area contributed by atoms with Crippen molar-refractivity contribution in [3.05, 3.63) is 12.7 Å². The van der Waals surface area contributed by atoms with Crippen molar-refractivity contribution in [2.45, 2.75) is 45.1 Å². The van der Waals surface area contributed by atoms with Gasteiger partial charge in [0.25, 0.3) is 0 Å². The summed E-state index contributed by atoms with van der Waals surface area (Å²) < 4.78 is 10.7. The number of ether oxygens (including phenoxy) is 1. The van der Waals surface area contributed by atoms with Gasteiger partial charge in [-0.05, 0) is 25.9 Å². The average molecular weight is 202 g/mol. The van der Waals surface area contributed by atoms with Crippen LogP contribution in [0.5, 0.6) is 0 Å². The van der Waals surface area contributed by atoms with E-state index in [2.05, 4.69) is 13.1 Å². The van der Waals surface area contributed by atoms with E-state index in [-0.39, 0.29) is 6.29 Å². The maximum Gasteiger partial charge on any atom is 0.177 e. The summed E-state index contributed by atoms with van der Waals surface area (Å²) in [6, 6.07) is 1.24. The fraction of sp³-hybridized carbons (Fsp3) is 0.800. The zero-order chi connectivity index (χ0) is 10.1. The number of methoxy groups -OCH3 is 1. The van der Waals surface area contributed by atoms with Crippen molar-refractivity contribution in [3.8, 4) is 0 Å². The highest BCUT2D eigenvalue weighted by atomic mass is 28.3. The molecule has 2 nitrogen and oxygen atoms in total. The topological polar surface area (TPSA) is 18.5 Å². The molecular formula is C10H22O2Si. The molecule has 0 heterocycles. The smallest absolute Gasteiger partial charge is 0.177 e. The maximum absolute atomic E-state index is 5.67. The minimum absolute atomic E-state index is 0.0268. The van der Waals surface area contributed by atoms with Crippen LogP contribution in [-0.4, -0.2) is 22.4 Å². The van der Waals surface area contributed by atoms with Gasteiger partial charge in [-0.2, -0.15) is 0 Å². The molecule has 2 atom stereocenters. The van der Waals surface area contributed by atoms with Gasteiger partial charge in [-0.15, -0.1) is 6.58 Å². The molecule has 78 valence electrons. The van der Waals surface area contributed by atoms with Crippen LogP contribution in [-0.2, 0) is 9.16 Å². The second-order valence-electron chi connectivity index (χ2n) is 3.32. The molecule has 0 amide bonds. The highest BCUT2D eigenvalue weighted by molar-refractivity contribution is 6.50. The largest absolute Gasteiger partial charge is 0.396 e. The molecule has 13 heavy (non-hydrogen) atoms. The third kappa shape index (κ3) is 8.21. The Kier molecular flexibility index (Phi) is 8.39. The summed E-state index contributed by atoms with van der Waals surface area (Å²) in [6.07, 6.45) is 5.58. The van der Waals surface area contributed by atoms with Crippen LogP contribution in [0.2, 0.25) is 12.6 Å². The summed E-state index contributed by atoms with van der Waals surface area (Å²) in [6.45, 7) is 7.88. The lowest BCUT2D eigenvalue weighted by molar-refractivity contribution is -0.0408. The number of hydrogen-bond donors (Lipinski definition) is 0. The van der Waals surface area contributed by atoms with Crippen LogP contribution in [0, 0.1) is 0 Å². The van der Waals surface area contributed by atoms with Crippen LogP contribution in [0.1, 0.15) is 26.2 Å². The minimum atomic E-state index is -0.980. The van der Waals surface area contributed by atoms with Gasteiger partial charge in [0.2, 0.25) is 0 Å². The van der Waals surface area contributed by atoms with Crippen molar-refractivity contribution in [3.63, 3.8) is 0 Å². The maximum atomic E-state index is 5.67. The van der Waals surface area contributed by atoms with Crippen LogP contribution < -0.4 is 0 Å². The standard InChI is InChI=1S/C10H22O2Si/c1-5-6-7-8-9-13(4)12-10(2)11-3/h5,10,13H,1,6-9H2,2-4H3. The van der Waals surface area contributed by atoms with E-state index in [1.54, 1.807) is 7.11 Å². The number of allylic oxidation sites excluding steroid dienone is 1. The highest BCUT2D eigenvalue weighted by Gasteiger charge is 2.08. The first-order chi connectivity index (χ1) is 6.20. The van der Waals surface area contributed by atoms with E-state index in [0.29, 0.717) is 0 Å².